The number of nitrogens with one attached hydrogen (secondary N) is 2. The van der Waals surface area contributed by atoms with E-state index in [1.165, 1.54) is 21.4 Å². The van der Waals surface area contributed by atoms with E-state index in [1.807, 2.05) is 37.4 Å². The number of amides is 2. The van der Waals surface area contributed by atoms with Crippen LogP contribution in [0.4, 0.5) is 5.69 Å². The lowest BCUT2D eigenvalue weighted by Gasteiger charge is -2.15. The van der Waals surface area contributed by atoms with E-state index in [0.717, 1.165) is 17.5 Å². The number of rotatable bonds is 5. The van der Waals surface area contributed by atoms with Gasteiger partial charge in [0.1, 0.15) is 0 Å². The molecule has 2 heterocycles. The number of aryl methyl sites for hydroxylation is 2. The molecule has 2 N–H and O–H groups in total. The highest BCUT2D eigenvalue weighted by Gasteiger charge is 2.39. The smallest absolute Gasteiger partial charge is 0.251 e. The standard InChI is InChI=1S/C22H23N3O2/c1-14-3-6-17(7-4-14)25-21(26)12-20(22(25)27)23-10-9-16-13-24-19-8-5-15(2)11-18(16)19/h3-8,11,13,20,23-24H,9-10,12H2,1-2H3. The topological polar surface area (TPSA) is 65.2 Å². The fourth-order valence-electron chi connectivity index (χ4n) is 3.64. The molecule has 1 saturated heterocycles. The van der Waals surface area contributed by atoms with Crippen molar-refractivity contribution in [3.8, 4) is 0 Å². The third kappa shape index (κ3) is 3.38. The van der Waals surface area contributed by atoms with Crippen LogP contribution in [0.15, 0.2) is 48.7 Å². The first-order valence-electron chi connectivity index (χ1n) is 9.26. The van der Waals surface area contributed by atoms with E-state index in [1.54, 1.807) is 0 Å². The average Bonchev–Trinajstić information content (AvgIpc) is 3.17. The van der Waals surface area contributed by atoms with Crippen LogP contribution in [0.5, 0.6) is 0 Å². The minimum atomic E-state index is -0.453. The molecule has 0 saturated carbocycles. The van der Waals surface area contributed by atoms with Crippen LogP contribution in [0.3, 0.4) is 0 Å². The predicted molar refractivity (Wildman–Crippen MR) is 107 cm³/mol. The monoisotopic (exact) mass is 361 g/mol. The molecule has 0 spiro atoms. The van der Waals surface area contributed by atoms with Gasteiger partial charge >= 0.3 is 0 Å². The van der Waals surface area contributed by atoms with E-state index in [9.17, 15) is 9.59 Å². The minimum absolute atomic E-state index is 0.149. The Hall–Kier alpha value is -2.92. The first-order chi connectivity index (χ1) is 13.0. The van der Waals surface area contributed by atoms with Crippen LogP contribution >= 0.6 is 0 Å². The van der Waals surface area contributed by atoms with E-state index in [4.69, 9.17) is 0 Å². The number of H-pyrrole nitrogens is 1. The van der Waals surface area contributed by atoms with Gasteiger partial charge < -0.3 is 10.3 Å². The van der Waals surface area contributed by atoms with Crippen molar-refractivity contribution in [2.75, 3.05) is 11.4 Å². The van der Waals surface area contributed by atoms with Gasteiger partial charge in [0, 0.05) is 23.6 Å². The molecule has 5 heteroatoms. The van der Waals surface area contributed by atoms with E-state index in [0.29, 0.717) is 12.2 Å². The lowest BCUT2D eigenvalue weighted by Crippen LogP contribution is -2.39. The highest BCUT2D eigenvalue weighted by atomic mass is 16.2. The number of benzene rings is 2. The number of hydrogen-bond donors (Lipinski definition) is 2. The van der Waals surface area contributed by atoms with Gasteiger partial charge in [-0.2, -0.15) is 0 Å². The maximum Gasteiger partial charge on any atom is 0.251 e. The van der Waals surface area contributed by atoms with Crippen LogP contribution in [0.1, 0.15) is 23.1 Å². The fraction of sp³-hybridized carbons (Fsp3) is 0.273. The summed E-state index contributed by atoms with van der Waals surface area (Å²) in [5.74, 6) is -0.317. The average molecular weight is 361 g/mol. The molecule has 1 atom stereocenters. The van der Waals surface area contributed by atoms with Crippen LogP contribution < -0.4 is 10.2 Å². The van der Waals surface area contributed by atoms with Crippen molar-refractivity contribution in [3.63, 3.8) is 0 Å². The second-order valence-corrected chi connectivity index (χ2v) is 7.23. The van der Waals surface area contributed by atoms with Gasteiger partial charge in [0.2, 0.25) is 5.91 Å². The van der Waals surface area contributed by atoms with Gasteiger partial charge in [0.05, 0.1) is 18.2 Å². The first kappa shape index (κ1) is 17.5. The van der Waals surface area contributed by atoms with E-state index < -0.39 is 6.04 Å². The molecule has 1 unspecified atom stereocenters. The van der Waals surface area contributed by atoms with Crippen molar-refractivity contribution >= 4 is 28.4 Å². The molecule has 2 amide bonds. The van der Waals surface area contributed by atoms with Crippen molar-refractivity contribution in [2.45, 2.75) is 32.7 Å². The summed E-state index contributed by atoms with van der Waals surface area (Å²) in [6.07, 6.45) is 3.03. The number of fused-ring (bicyclic) bond motifs is 1. The van der Waals surface area contributed by atoms with Crippen molar-refractivity contribution in [3.05, 3.63) is 65.4 Å². The molecule has 4 rings (SSSR count). The summed E-state index contributed by atoms with van der Waals surface area (Å²) in [6.45, 7) is 4.71. The Morgan fingerprint density at radius 3 is 2.59 bits per heavy atom. The highest BCUT2D eigenvalue weighted by molar-refractivity contribution is 6.22. The zero-order chi connectivity index (χ0) is 19.0. The van der Waals surface area contributed by atoms with E-state index in [2.05, 4.69) is 35.4 Å². The van der Waals surface area contributed by atoms with E-state index in [-0.39, 0.29) is 18.2 Å². The molecule has 0 bridgehead atoms. The third-order valence-corrected chi connectivity index (χ3v) is 5.15. The molecule has 138 valence electrons. The minimum Gasteiger partial charge on any atom is -0.361 e. The lowest BCUT2D eigenvalue weighted by molar-refractivity contribution is -0.121. The molecular formula is C22H23N3O2. The SMILES string of the molecule is Cc1ccc(N2C(=O)CC(NCCc3c[nH]c4ccc(C)cc34)C2=O)cc1. The third-order valence-electron chi connectivity index (χ3n) is 5.15. The number of aromatic nitrogens is 1. The molecule has 0 aliphatic carbocycles. The van der Waals surface area contributed by atoms with Crippen molar-refractivity contribution in [2.24, 2.45) is 0 Å². The lowest BCUT2D eigenvalue weighted by atomic mass is 10.1. The Morgan fingerprint density at radius 2 is 1.81 bits per heavy atom. The van der Waals surface area contributed by atoms with Gasteiger partial charge in [0.25, 0.3) is 5.91 Å². The number of aromatic amines is 1. The second-order valence-electron chi connectivity index (χ2n) is 7.23. The Balaban J connectivity index is 1.41. The van der Waals surface area contributed by atoms with Crippen LogP contribution in [0.25, 0.3) is 10.9 Å². The number of hydrogen-bond acceptors (Lipinski definition) is 3. The molecule has 27 heavy (non-hydrogen) atoms. The Bertz CT molecular complexity index is 1000. The van der Waals surface area contributed by atoms with Gasteiger partial charge in [-0.15, -0.1) is 0 Å². The van der Waals surface area contributed by atoms with Crippen molar-refractivity contribution in [1.82, 2.24) is 10.3 Å². The molecule has 1 aliphatic rings. The summed E-state index contributed by atoms with van der Waals surface area (Å²) in [4.78, 5) is 29.6. The van der Waals surface area contributed by atoms with Gasteiger partial charge in [-0.3, -0.25) is 9.59 Å². The molecule has 2 aromatic carbocycles. The summed E-state index contributed by atoms with van der Waals surface area (Å²) >= 11 is 0. The summed E-state index contributed by atoms with van der Waals surface area (Å²) in [6, 6.07) is 13.4. The molecule has 5 nitrogen and oxygen atoms in total. The number of nitrogens with zero attached hydrogens (tertiary/aromatic N) is 1. The molecule has 1 aromatic heterocycles. The molecule has 1 fully saturated rings. The van der Waals surface area contributed by atoms with Gasteiger partial charge in [-0.25, -0.2) is 4.90 Å². The van der Waals surface area contributed by atoms with Crippen LogP contribution in [-0.4, -0.2) is 29.4 Å². The maximum absolute atomic E-state index is 12.7. The maximum atomic E-state index is 12.7. The van der Waals surface area contributed by atoms with Gasteiger partial charge in [-0.1, -0.05) is 29.3 Å². The van der Waals surface area contributed by atoms with Gasteiger partial charge in [-0.05, 0) is 50.1 Å². The molecular weight excluding hydrogens is 338 g/mol. The summed E-state index contributed by atoms with van der Waals surface area (Å²) in [7, 11) is 0. The normalized spacial score (nSPS) is 17.3. The van der Waals surface area contributed by atoms with Crippen LogP contribution in [0, 0.1) is 13.8 Å². The summed E-state index contributed by atoms with van der Waals surface area (Å²) in [5, 5.41) is 4.48. The molecule has 3 aromatic rings. The number of carbonyl (C=O) groups is 2. The largest absolute Gasteiger partial charge is 0.361 e. The fourth-order valence-corrected chi connectivity index (χ4v) is 3.64. The summed E-state index contributed by atoms with van der Waals surface area (Å²) < 4.78 is 0. The van der Waals surface area contributed by atoms with E-state index >= 15 is 0 Å². The quantitative estimate of drug-likeness (QED) is 0.686. The van der Waals surface area contributed by atoms with Crippen LogP contribution in [0.2, 0.25) is 0 Å². The summed E-state index contributed by atoms with van der Waals surface area (Å²) in [5.41, 5.74) is 5.30. The molecule has 1 aliphatic heterocycles. The zero-order valence-corrected chi connectivity index (χ0v) is 15.6. The first-order valence-corrected chi connectivity index (χ1v) is 9.26. The Kier molecular flexibility index (Phi) is 4.54. The number of imide groups is 1. The Labute approximate surface area is 158 Å². The Morgan fingerprint density at radius 1 is 1.07 bits per heavy atom. The highest BCUT2D eigenvalue weighted by Crippen LogP contribution is 2.24. The van der Waals surface area contributed by atoms with Crippen molar-refractivity contribution in [1.29, 1.82) is 0 Å². The van der Waals surface area contributed by atoms with Gasteiger partial charge in [0.15, 0.2) is 0 Å². The molecule has 0 radical (unpaired) electrons. The number of anilines is 1. The second kappa shape index (κ2) is 7.00. The van der Waals surface area contributed by atoms with Crippen LogP contribution in [-0.2, 0) is 16.0 Å². The number of carbonyl (C=O) groups excluding carboxylic acids is 2. The predicted octanol–water partition coefficient (Wildman–Crippen LogP) is 3.25. The zero-order valence-electron chi connectivity index (χ0n) is 15.6. The van der Waals surface area contributed by atoms with Crippen molar-refractivity contribution < 1.29 is 9.59 Å².